The minimum absolute atomic E-state index is 0.0392. The smallest absolute Gasteiger partial charge is 0.344 e. The Hall–Kier alpha value is -3.78. The number of carbonyl (C=O) groups excluding carboxylic acids is 4. The van der Waals surface area contributed by atoms with E-state index in [1.54, 1.807) is 17.0 Å². The van der Waals surface area contributed by atoms with Crippen molar-refractivity contribution in [2.75, 3.05) is 30.7 Å². The van der Waals surface area contributed by atoms with Crippen LogP contribution in [0.2, 0.25) is 0 Å². The number of hydrogen-bond acceptors (Lipinski definition) is 7. The number of piperidine rings is 1. The average molecular weight is 688 g/mol. The van der Waals surface area contributed by atoms with Crippen molar-refractivity contribution in [3.63, 3.8) is 0 Å². The van der Waals surface area contributed by atoms with E-state index in [9.17, 15) is 19.2 Å². The first-order valence-electron chi connectivity index (χ1n) is 13.1. The topological polar surface area (TPSA) is 156 Å². The van der Waals surface area contributed by atoms with Gasteiger partial charge in [0.15, 0.2) is 5.78 Å². The van der Waals surface area contributed by atoms with Crippen LogP contribution in [-0.2, 0) is 11.2 Å². The van der Waals surface area contributed by atoms with Crippen LogP contribution in [0.1, 0.15) is 35.2 Å². The molecule has 2 aromatic carbocycles. The Morgan fingerprint density at radius 2 is 1.80 bits per heavy atom. The molecule has 0 radical (unpaired) electrons. The molecule has 5 rings (SSSR count). The fourth-order valence-electron chi connectivity index (χ4n) is 5.13. The number of benzene rings is 2. The Morgan fingerprint density at radius 1 is 1.10 bits per heavy atom. The van der Waals surface area contributed by atoms with Gasteiger partial charge in [-0.3, -0.25) is 9.59 Å². The predicted molar refractivity (Wildman–Crippen MR) is 158 cm³/mol. The number of aromatic nitrogens is 3. The standard InChI is InChI=1S/C27H28Br2N8O4/c28-19-11-17(12-20(29)24(19)30)23(38)13-22(34-27(41)37-15-31-14-32-37)25(39)35-8-6-18(7-9-35)36-10-5-16-3-1-2-4-21(16)33-26(36)40/h1-4,11-12,14-15,18,22H,5-10,13,30H2,(H,33,40)(H,34,41)/t22-/m0/s1. The molecule has 2 aliphatic rings. The van der Waals surface area contributed by atoms with Crippen molar-refractivity contribution < 1.29 is 19.2 Å². The first-order chi connectivity index (χ1) is 19.7. The van der Waals surface area contributed by atoms with E-state index in [1.807, 2.05) is 29.2 Å². The summed E-state index contributed by atoms with van der Waals surface area (Å²) in [5, 5.41) is 9.46. The quantitative estimate of drug-likeness (QED) is 0.264. The summed E-state index contributed by atoms with van der Waals surface area (Å²) in [6.07, 6.45) is 4.03. The molecule has 12 nitrogen and oxygen atoms in total. The molecule has 1 atom stereocenters. The van der Waals surface area contributed by atoms with Crippen LogP contribution in [0.15, 0.2) is 58.0 Å². The van der Waals surface area contributed by atoms with Gasteiger partial charge >= 0.3 is 12.1 Å². The van der Waals surface area contributed by atoms with Crippen LogP contribution < -0.4 is 16.4 Å². The fourth-order valence-corrected chi connectivity index (χ4v) is 6.32. The number of para-hydroxylation sites is 1. The number of hydrogen-bond donors (Lipinski definition) is 3. The lowest BCUT2D eigenvalue weighted by Crippen LogP contribution is -2.55. The van der Waals surface area contributed by atoms with Crippen molar-refractivity contribution >= 4 is 67.0 Å². The number of amides is 4. The highest BCUT2D eigenvalue weighted by Gasteiger charge is 2.35. The number of fused-ring (bicyclic) bond motifs is 1. The zero-order valence-corrected chi connectivity index (χ0v) is 25.1. The zero-order chi connectivity index (χ0) is 29.1. The van der Waals surface area contributed by atoms with Gasteiger partial charge in [-0.25, -0.2) is 14.6 Å². The molecule has 4 amide bonds. The van der Waals surface area contributed by atoms with E-state index in [2.05, 4.69) is 52.6 Å². The highest BCUT2D eigenvalue weighted by Crippen LogP contribution is 2.30. The van der Waals surface area contributed by atoms with Crippen LogP contribution in [-0.4, -0.2) is 80.0 Å². The minimum atomic E-state index is -1.14. The van der Waals surface area contributed by atoms with Crippen LogP contribution in [0.4, 0.5) is 21.0 Å². The summed E-state index contributed by atoms with van der Waals surface area (Å²) in [5.41, 5.74) is 8.64. The van der Waals surface area contributed by atoms with E-state index >= 15 is 0 Å². The Bertz CT molecular complexity index is 1450. The molecule has 14 heteroatoms. The number of carbonyl (C=O) groups is 4. The van der Waals surface area contributed by atoms with Gasteiger partial charge in [0.1, 0.15) is 18.7 Å². The van der Waals surface area contributed by atoms with Crippen LogP contribution in [0, 0.1) is 0 Å². The number of likely N-dealkylation sites (tertiary alicyclic amines) is 1. The number of nitrogens with two attached hydrogens (primary N) is 1. The van der Waals surface area contributed by atoms with Gasteiger partial charge in [0.05, 0.1) is 5.69 Å². The molecule has 1 aromatic heterocycles. The van der Waals surface area contributed by atoms with E-state index in [-0.39, 0.29) is 30.2 Å². The Morgan fingerprint density at radius 3 is 2.49 bits per heavy atom. The van der Waals surface area contributed by atoms with Gasteiger partial charge in [0, 0.05) is 52.3 Å². The molecule has 0 unspecified atom stereocenters. The molecule has 41 heavy (non-hydrogen) atoms. The molecule has 1 saturated heterocycles. The highest BCUT2D eigenvalue weighted by atomic mass is 79.9. The van der Waals surface area contributed by atoms with Gasteiger partial charge in [-0.15, -0.1) is 0 Å². The summed E-state index contributed by atoms with van der Waals surface area (Å²) in [6, 6.07) is 8.92. The second-order valence-corrected chi connectivity index (χ2v) is 11.6. The van der Waals surface area contributed by atoms with Gasteiger partial charge in [-0.05, 0) is 74.9 Å². The Labute approximate surface area is 252 Å². The molecule has 3 heterocycles. The van der Waals surface area contributed by atoms with E-state index in [0.29, 0.717) is 52.7 Å². The van der Waals surface area contributed by atoms with Crippen molar-refractivity contribution in [2.24, 2.45) is 0 Å². The monoisotopic (exact) mass is 686 g/mol. The second-order valence-electron chi connectivity index (χ2n) is 9.91. The summed E-state index contributed by atoms with van der Waals surface area (Å²) in [5.74, 6) is -0.731. The SMILES string of the molecule is Nc1c(Br)cc(C(=O)C[C@H](NC(=O)n2cncn2)C(=O)N2CCC(N3CCc4ccccc4NC3=O)CC2)cc1Br. The van der Waals surface area contributed by atoms with Crippen molar-refractivity contribution in [1.82, 2.24) is 29.9 Å². The molecule has 3 aromatic rings. The summed E-state index contributed by atoms with van der Waals surface area (Å²) in [7, 11) is 0. The number of nitrogen functional groups attached to an aromatic ring is 1. The zero-order valence-electron chi connectivity index (χ0n) is 21.9. The number of urea groups is 1. The van der Waals surface area contributed by atoms with Crippen molar-refractivity contribution in [1.29, 1.82) is 0 Å². The van der Waals surface area contributed by atoms with Gasteiger partial charge in [-0.1, -0.05) is 18.2 Å². The first-order valence-corrected chi connectivity index (χ1v) is 14.7. The number of rotatable bonds is 6. The highest BCUT2D eigenvalue weighted by molar-refractivity contribution is 9.11. The predicted octanol–water partition coefficient (Wildman–Crippen LogP) is 3.67. The van der Waals surface area contributed by atoms with Crippen molar-refractivity contribution in [3.8, 4) is 0 Å². The number of anilines is 2. The molecule has 4 N–H and O–H groups in total. The van der Waals surface area contributed by atoms with Crippen LogP contribution in [0.5, 0.6) is 0 Å². The summed E-state index contributed by atoms with van der Waals surface area (Å²) >= 11 is 6.68. The van der Waals surface area contributed by atoms with Crippen molar-refractivity contribution in [2.45, 2.75) is 37.8 Å². The maximum atomic E-state index is 13.7. The molecule has 214 valence electrons. The number of Topliss-reactive ketones (excluding diaryl/α,β-unsaturated/α-hetero) is 1. The number of nitrogens with zero attached hydrogens (tertiary/aromatic N) is 5. The third kappa shape index (κ3) is 6.43. The number of ketones is 1. The average Bonchev–Trinajstić information content (AvgIpc) is 3.46. The second kappa shape index (κ2) is 12.4. The number of nitrogens with one attached hydrogen (secondary N) is 2. The van der Waals surface area contributed by atoms with Crippen molar-refractivity contribution in [3.05, 3.63) is 69.1 Å². The summed E-state index contributed by atoms with van der Waals surface area (Å²) in [6.45, 7) is 1.34. The summed E-state index contributed by atoms with van der Waals surface area (Å²) < 4.78 is 2.03. The molecule has 0 bridgehead atoms. The van der Waals surface area contributed by atoms with Crippen LogP contribution >= 0.6 is 31.9 Å². The largest absolute Gasteiger partial charge is 0.397 e. The van der Waals surface area contributed by atoms with Crippen LogP contribution in [0.25, 0.3) is 0 Å². The van der Waals surface area contributed by atoms with E-state index in [1.165, 1.54) is 12.7 Å². The molecule has 0 saturated carbocycles. The third-order valence-electron chi connectivity index (χ3n) is 7.37. The van der Waals surface area contributed by atoms with Gasteiger partial charge in [0.25, 0.3) is 0 Å². The lowest BCUT2D eigenvalue weighted by Gasteiger charge is -2.39. The number of halogens is 2. The first kappa shape index (κ1) is 28.7. The lowest BCUT2D eigenvalue weighted by molar-refractivity contribution is -0.134. The molecule has 1 fully saturated rings. The third-order valence-corrected chi connectivity index (χ3v) is 8.68. The van der Waals surface area contributed by atoms with E-state index in [4.69, 9.17) is 5.73 Å². The molecule has 2 aliphatic heterocycles. The molecule has 0 spiro atoms. The fraction of sp³-hybridized carbons (Fsp3) is 0.333. The van der Waals surface area contributed by atoms with Gasteiger partial charge < -0.3 is 26.2 Å². The molecular weight excluding hydrogens is 660 g/mol. The maximum Gasteiger partial charge on any atom is 0.344 e. The minimum Gasteiger partial charge on any atom is -0.397 e. The van der Waals surface area contributed by atoms with Gasteiger partial charge in [-0.2, -0.15) is 9.78 Å². The van der Waals surface area contributed by atoms with E-state index in [0.717, 1.165) is 22.4 Å². The van der Waals surface area contributed by atoms with E-state index < -0.39 is 12.1 Å². The lowest BCUT2D eigenvalue weighted by atomic mass is 9.99. The maximum absolute atomic E-state index is 13.7. The molecular formula is C27H28Br2N8O4. The normalized spacial score (nSPS) is 16.4. The Kier molecular flexibility index (Phi) is 8.68. The molecule has 0 aliphatic carbocycles. The Balaban J connectivity index is 1.27. The van der Waals surface area contributed by atoms with Crippen LogP contribution in [0.3, 0.4) is 0 Å². The summed E-state index contributed by atoms with van der Waals surface area (Å²) in [4.78, 5) is 60.0. The van der Waals surface area contributed by atoms with Gasteiger partial charge in [0.2, 0.25) is 5.91 Å².